The van der Waals surface area contributed by atoms with Crippen LogP contribution >= 0.6 is 23.4 Å². The number of hydrogen-bond donors (Lipinski definition) is 0. The van der Waals surface area contributed by atoms with E-state index in [1.807, 2.05) is 28.8 Å². The van der Waals surface area contributed by atoms with Gasteiger partial charge < -0.3 is 9.64 Å². The number of rotatable bonds is 5. The van der Waals surface area contributed by atoms with E-state index < -0.39 is 0 Å². The van der Waals surface area contributed by atoms with Crippen LogP contribution in [0.2, 0.25) is 5.02 Å². The van der Waals surface area contributed by atoms with Crippen LogP contribution in [0, 0.1) is 0 Å². The van der Waals surface area contributed by atoms with Crippen molar-refractivity contribution in [2.45, 2.75) is 18.0 Å². The first-order valence-corrected chi connectivity index (χ1v) is 8.71. The number of anilines is 1. The summed E-state index contributed by atoms with van der Waals surface area (Å²) in [4.78, 5) is 13.6. The fourth-order valence-corrected chi connectivity index (χ4v) is 3.47. The highest BCUT2D eigenvalue weighted by atomic mass is 35.5. The highest BCUT2D eigenvalue weighted by molar-refractivity contribution is 7.99. The van der Waals surface area contributed by atoms with Gasteiger partial charge in [-0.05, 0) is 31.0 Å². The van der Waals surface area contributed by atoms with Gasteiger partial charge in [0, 0.05) is 18.1 Å². The fraction of sp³-hybridized carbons (Fsp3) is 0.400. The maximum Gasteiger partial charge on any atom is 0.316 e. The molecule has 1 aliphatic heterocycles. The Morgan fingerprint density at radius 2 is 2.13 bits per heavy atom. The van der Waals surface area contributed by atoms with E-state index in [0.29, 0.717) is 10.2 Å². The second-order valence-electron chi connectivity index (χ2n) is 5.16. The van der Waals surface area contributed by atoms with Crippen molar-refractivity contribution in [3.05, 3.63) is 29.3 Å². The Bertz CT molecular complexity index is 701. The molecule has 0 unspecified atom stereocenters. The molecule has 0 aliphatic carbocycles. The molecule has 1 aliphatic rings. The van der Waals surface area contributed by atoms with Gasteiger partial charge in [0.15, 0.2) is 5.16 Å². The first-order valence-electron chi connectivity index (χ1n) is 7.35. The molecule has 2 aromatic rings. The zero-order valence-electron chi connectivity index (χ0n) is 12.7. The molecule has 0 saturated carbocycles. The third-order valence-corrected chi connectivity index (χ3v) is 4.76. The van der Waals surface area contributed by atoms with Crippen molar-refractivity contribution in [2.24, 2.45) is 0 Å². The largest absolute Gasteiger partial charge is 0.468 e. The van der Waals surface area contributed by atoms with Gasteiger partial charge >= 0.3 is 5.97 Å². The summed E-state index contributed by atoms with van der Waals surface area (Å²) in [6.45, 7) is 1.92. The monoisotopic (exact) mass is 352 g/mol. The topological polar surface area (TPSA) is 60.2 Å². The van der Waals surface area contributed by atoms with E-state index in [0.717, 1.165) is 37.6 Å². The molecule has 122 valence electrons. The van der Waals surface area contributed by atoms with Crippen LogP contribution in [0.5, 0.6) is 0 Å². The van der Waals surface area contributed by atoms with Crippen LogP contribution < -0.4 is 4.90 Å². The Morgan fingerprint density at radius 1 is 1.35 bits per heavy atom. The number of carbonyl (C=O) groups is 1. The van der Waals surface area contributed by atoms with Crippen molar-refractivity contribution in [2.75, 3.05) is 30.9 Å². The second-order valence-corrected chi connectivity index (χ2v) is 6.54. The number of benzene rings is 1. The summed E-state index contributed by atoms with van der Waals surface area (Å²) in [5, 5.41) is 9.89. The molecule has 2 heterocycles. The number of thioether (sulfide) groups is 1. The molecule has 0 amide bonds. The molecule has 0 bridgehead atoms. The van der Waals surface area contributed by atoms with E-state index in [4.69, 9.17) is 16.3 Å². The number of nitrogens with zero attached hydrogens (tertiary/aromatic N) is 4. The Labute approximate surface area is 143 Å². The van der Waals surface area contributed by atoms with Crippen LogP contribution in [0.25, 0.3) is 5.69 Å². The molecule has 6 nitrogen and oxygen atoms in total. The maximum absolute atomic E-state index is 11.4. The van der Waals surface area contributed by atoms with Gasteiger partial charge in [0.25, 0.3) is 0 Å². The number of esters is 1. The second kappa shape index (κ2) is 7.23. The van der Waals surface area contributed by atoms with Gasteiger partial charge in [-0.1, -0.05) is 29.4 Å². The van der Waals surface area contributed by atoms with Crippen molar-refractivity contribution in [3.8, 4) is 5.69 Å². The Balaban J connectivity index is 1.97. The predicted octanol–water partition coefficient (Wildman–Crippen LogP) is 2.79. The molecule has 1 fully saturated rings. The summed E-state index contributed by atoms with van der Waals surface area (Å²) in [6.07, 6.45) is 2.29. The van der Waals surface area contributed by atoms with Crippen molar-refractivity contribution >= 4 is 35.3 Å². The summed E-state index contributed by atoms with van der Waals surface area (Å²) in [5.74, 6) is 0.686. The first-order chi connectivity index (χ1) is 11.2. The molecule has 0 radical (unpaired) electrons. The lowest BCUT2D eigenvalue weighted by atomic mass is 10.3. The SMILES string of the molecule is COC(=O)CSc1nnc(N2CCCC2)n1-c1cccc(Cl)c1. The number of halogens is 1. The van der Waals surface area contributed by atoms with Gasteiger partial charge in [-0.25, -0.2) is 0 Å². The number of methoxy groups -OCH3 is 1. The lowest BCUT2D eigenvalue weighted by Crippen LogP contribution is -2.22. The quantitative estimate of drug-likeness (QED) is 0.609. The lowest BCUT2D eigenvalue weighted by molar-refractivity contribution is -0.137. The van der Waals surface area contributed by atoms with Crippen molar-refractivity contribution in [1.82, 2.24) is 14.8 Å². The fourth-order valence-electron chi connectivity index (χ4n) is 2.50. The number of ether oxygens (including phenoxy) is 1. The van der Waals surface area contributed by atoms with Gasteiger partial charge in [0.1, 0.15) is 0 Å². The molecule has 0 N–H and O–H groups in total. The number of carbonyl (C=O) groups excluding carboxylic acids is 1. The average molecular weight is 353 g/mol. The van der Waals surface area contributed by atoms with Crippen LogP contribution in [-0.2, 0) is 9.53 Å². The number of hydrogen-bond acceptors (Lipinski definition) is 6. The molecule has 1 aromatic carbocycles. The minimum atomic E-state index is -0.293. The standard InChI is InChI=1S/C15H17ClN4O2S/c1-22-13(21)10-23-15-18-17-14(19-7-2-3-8-19)20(15)12-6-4-5-11(16)9-12/h4-6,9H,2-3,7-8,10H2,1H3. The lowest BCUT2D eigenvalue weighted by Gasteiger charge is -2.18. The molecular formula is C15H17ClN4O2S. The molecule has 1 saturated heterocycles. The average Bonchev–Trinajstić information content (AvgIpc) is 3.21. The normalized spacial score (nSPS) is 14.3. The van der Waals surface area contributed by atoms with Crippen LogP contribution in [-0.4, -0.2) is 46.7 Å². The summed E-state index contributed by atoms with van der Waals surface area (Å²) in [6, 6.07) is 7.54. The molecule has 8 heteroatoms. The third-order valence-electron chi connectivity index (χ3n) is 3.62. The molecule has 23 heavy (non-hydrogen) atoms. The van der Waals surface area contributed by atoms with Crippen LogP contribution in [0.3, 0.4) is 0 Å². The maximum atomic E-state index is 11.4. The van der Waals surface area contributed by atoms with Gasteiger partial charge in [0.05, 0.1) is 18.6 Å². The minimum absolute atomic E-state index is 0.190. The highest BCUT2D eigenvalue weighted by Crippen LogP contribution is 2.29. The van der Waals surface area contributed by atoms with Gasteiger partial charge in [-0.2, -0.15) is 0 Å². The first kappa shape index (κ1) is 16.1. The number of aromatic nitrogens is 3. The van der Waals surface area contributed by atoms with Crippen molar-refractivity contribution in [3.63, 3.8) is 0 Å². The summed E-state index contributed by atoms with van der Waals surface area (Å²) < 4.78 is 6.64. The van der Waals surface area contributed by atoms with E-state index in [-0.39, 0.29) is 11.7 Å². The summed E-state index contributed by atoms with van der Waals surface area (Å²) in [7, 11) is 1.38. The summed E-state index contributed by atoms with van der Waals surface area (Å²) in [5.41, 5.74) is 0.886. The van der Waals surface area contributed by atoms with E-state index >= 15 is 0 Å². The van der Waals surface area contributed by atoms with Gasteiger partial charge in [-0.3, -0.25) is 9.36 Å². The molecular weight excluding hydrogens is 336 g/mol. The summed E-state index contributed by atoms with van der Waals surface area (Å²) >= 11 is 7.43. The van der Waals surface area contributed by atoms with E-state index in [1.54, 1.807) is 0 Å². The van der Waals surface area contributed by atoms with Crippen LogP contribution in [0.1, 0.15) is 12.8 Å². The Morgan fingerprint density at radius 3 is 2.83 bits per heavy atom. The van der Waals surface area contributed by atoms with Gasteiger partial charge in [0.2, 0.25) is 5.95 Å². The van der Waals surface area contributed by atoms with Gasteiger partial charge in [-0.15, -0.1) is 10.2 Å². The van der Waals surface area contributed by atoms with E-state index in [9.17, 15) is 4.79 Å². The Kier molecular flexibility index (Phi) is 5.07. The molecule has 3 rings (SSSR count). The van der Waals surface area contributed by atoms with E-state index in [1.165, 1.54) is 18.9 Å². The smallest absolute Gasteiger partial charge is 0.316 e. The van der Waals surface area contributed by atoms with Crippen LogP contribution in [0.4, 0.5) is 5.95 Å². The molecule has 0 spiro atoms. The molecule has 0 atom stereocenters. The van der Waals surface area contributed by atoms with Crippen LogP contribution in [0.15, 0.2) is 29.4 Å². The zero-order chi connectivity index (χ0) is 16.2. The minimum Gasteiger partial charge on any atom is -0.468 e. The Hall–Kier alpha value is -1.73. The molecule has 1 aromatic heterocycles. The van der Waals surface area contributed by atoms with E-state index in [2.05, 4.69) is 15.1 Å². The van der Waals surface area contributed by atoms with Crippen molar-refractivity contribution in [1.29, 1.82) is 0 Å². The predicted molar refractivity (Wildman–Crippen MR) is 90.6 cm³/mol. The third kappa shape index (κ3) is 3.61. The highest BCUT2D eigenvalue weighted by Gasteiger charge is 2.23. The zero-order valence-corrected chi connectivity index (χ0v) is 14.3. The van der Waals surface area contributed by atoms with Crippen molar-refractivity contribution < 1.29 is 9.53 Å².